The van der Waals surface area contributed by atoms with Crippen molar-refractivity contribution < 1.29 is 10.1 Å². The Hall–Kier alpha value is -1.22. The molecular formula is C15H18ClFN5S2+. The highest BCUT2D eigenvalue weighted by molar-refractivity contribution is 8.00. The largest absolute Gasteiger partial charge is 0.348 e. The third-order valence-electron chi connectivity index (χ3n) is 4.06. The monoisotopic (exact) mass is 386 g/mol. The minimum atomic E-state index is -0.298. The Morgan fingerprint density at radius 2 is 2.21 bits per heavy atom. The van der Waals surface area contributed by atoms with Gasteiger partial charge in [0.1, 0.15) is 11.9 Å². The average molecular weight is 387 g/mol. The molecule has 0 fully saturated rings. The van der Waals surface area contributed by atoms with Crippen LogP contribution in [0.15, 0.2) is 22.5 Å². The van der Waals surface area contributed by atoms with E-state index in [0.29, 0.717) is 22.3 Å². The molecule has 0 saturated carbocycles. The van der Waals surface area contributed by atoms with E-state index in [1.165, 1.54) is 29.2 Å². The van der Waals surface area contributed by atoms with Gasteiger partial charge in [-0.15, -0.1) is 15.3 Å². The lowest BCUT2D eigenvalue weighted by Gasteiger charge is -2.11. The molecule has 5 nitrogen and oxygen atoms in total. The number of fused-ring (bicyclic) bond motifs is 1. The standard InChI is InChI=1S/C15H17ClFN5S2/c1-3-8(2)12(18)13-19-20-14-22(13)21-15(24-14)23-7-9-10(16)5-4-6-11(9)17/h4-6,8,12H,3,7,18H2,1-2H3/p+1/t8-,12-/m0/s1. The summed E-state index contributed by atoms with van der Waals surface area (Å²) in [5.74, 6) is 1.29. The van der Waals surface area contributed by atoms with E-state index in [4.69, 9.17) is 11.6 Å². The maximum absolute atomic E-state index is 13.8. The van der Waals surface area contributed by atoms with E-state index in [1.807, 2.05) is 0 Å². The van der Waals surface area contributed by atoms with Gasteiger partial charge in [-0.1, -0.05) is 54.6 Å². The summed E-state index contributed by atoms with van der Waals surface area (Å²) in [7, 11) is 0. The van der Waals surface area contributed by atoms with E-state index in [9.17, 15) is 4.39 Å². The fourth-order valence-electron chi connectivity index (χ4n) is 2.25. The van der Waals surface area contributed by atoms with E-state index >= 15 is 0 Å². The summed E-state index contributed by atoms with van der Waals surface area (Å²) in [6.45, 7) is 4.27. The maximum Gasteiger partial charge on any atom is 0.235 e. The van der Waals surface area contributed by atoms with Crippen molar-refractivity contribution in [1.29, 1.82) is 0 Å². The first kappa shape index (κ1) is 17.6. The third-order valence-corrected chi connectivity index (χ3v) is 6.47. The van der Waals surface area contributed by atoms with Gasteiger partial charge in [-0.2, -0.15) is 4.52 Å². The molecule has 0 spiro atoms. The van der Waals surface area contributed by atoms with Crippen LogP contribution in [0.3, 0.4) is 0 Å². The molecule has 2 atom stereocenters. The molecule has 0 aliphatic rings. The molecule has 0 saturated heterocycles. The highest BCUT2D eigenvalue weighted by atomic mass is 35.5. The van der Waals surface area contributed by atoms with Gasteiger partial charge in [0.25, 0.3) is 0 Å². The molecule has 3 N–H and O–H groups in total. The molecule has 0 amide bonds. The highest BCUT2D eigenvalue weighted by Gasteiger charge is 2.25. The smallest absolute Gasteiger partial charge is 0.235 e. The molecule has 24 heavy (non-hydrogen) atoms. The second kappa shape index (κ2) is 7.35. The second-order valence-corrected chi connectivity index (χ2v) is 8.19. The number of nitrogens with zero attached hydrogens (tertiary/aromatic N) is 4. The van der Waals surface area contributed by atoms with E-state index in [0.717, 1.165) is 21.5 Å². The summed E-state index contributed by atoms with van der Waals surface area (Å²) < 4.78 is 16.4. The predicted molar refractivity (Wildman–Crippen MR) is 94.7 cm³/mol. The third kappa shape index (κ3) is 3.42. The Labute approximate surface area is 152 Å². The first-order valence-corrected chi connectivity index (χ1v) is 9.80. The zero-order chi connectivity index (χ0) is 17.3. The van der Waals surface area contributed by atoms with Gasteiger partial charge in [0.05, 0.1) is 0 Å². The molecule has 3 aromatic rings. The first-order chi connectivity index (χ1) is 11.5. The molecule has 0 unspecified atom stereocenters. The second-order valence-electron chi connectivity index (χ2n) is 5.60. The number of hydrogen-bond donors (Lipinski definition) is 1. The minimum Gasteiger partial charge on any atom is -0.348 e. The number of rotatable bonds is 6. The Bertz CT molecular complexity index is 829. The van der Waals surface area contributed by atoms with Crippen molar-refractivity contribution in [2.45, 2.75) is 36.4 Å². The van der Waals surface area contributed by atoms with E-state index < -0.39 is 0 Å². The summed E-state index contributed by atoms with van der Waals surface area (Å²) in [5, 5.41) is 13.4. The number of hydrogen-bond acceptors (Lipinski definition) is 5. The predicted octanol–water partition coefficient (Wildman–Crippen LogP) is 3.60. The summed E-state index contributed by atoms with van der Waals surface area (Å²) in [6.07, 6.45) is 1.01. The summed E-state index contributed by atoms with van der Waals surface area (Å²) in [5.41, 5.74) is 4.69. The van der Waals surface area contributed by atoms with Crippen LogP contribution in [0.25, 0.3) is 4.96 Å². The number of aromatic nitrogens is 4. The van der Waals surface area contributed by atoms with Crippen LogP contribution in [0, 0.1) is 11.7 Å². The van der Waals surface area contributed by atoms with Gasteiger partial charge < -0.3 is 5.73 Å². The molecule has 2 aromatic heterocycles. The van der Waals surface area contributed by atoms with Crippen molar-refractivity contribution in [1.82, 2.24) is 19.8 Å². The van der Waals surface area contributed by atoms with Gasteiger partial charge in [0, 0.05) is 22.3 Å². The lowest BCUT2D eigenvalue weighted by molar-refractivity contribution is -0.441. The van der Waals surface area contributed by atoms with Crippen LogP contribution < -0.4 is 5.73 Å². The van der Waals surface area contributed by atoms with Gasteiger partial charge in [-0.25, -0.2) is 4.39 Å². The van der Waals surface area contributed by atoms with E-state index in [-0.39, 0.29) is 11.9 Å². The van der Waals surface area contributed by atoms with Gasteiger partial charge in [-0.3, -0.25) is 0 Å². The van der Waals surface area contributed by atoms with Crippen molar-refractivity contribution in [3.63, 3.8) is 0 Å². The number of benzene rings is 1. The molecule has 9 heteroatoms. The molecule has 2 heterocycles. The van der Waals surface area contributed by atoms with Gasteiger partial charge >= 0.3 is 0 Å². The number of thioether (sulfide) groups is 1. The Kier molecular flexibility index (Phi) is 5.39. The van der Waals surface area contributed by atoms with Crippen LogP contribution in [0.5, 0.6) is 0 Å². The van der Waals surface area contributed by atoms with Crippen LogP contribution >= 0.6 is 34.7 Å². The normalized spacial score (nSPS) is 14.2. The van der Waals surface area contributed by atoms with E-state index in [1.54, 1.807) is 16.6 Å². The van der Waals surface area contributed by atoms with Crippen LogP contribution in [0.4, 0.5) is 4.39 Å². The van der Waals surface area contributed by atoms with Crippen LogP contribution in [-0.4, -0.2) is 19.8 Å². The molecule has 1 aromatic carbocycles. The zero-order valence-electron chi connectivity index (χ0n) is 13.4. The molecule has 0 aliphatic heterocycles. The molecule has 3 rings (SSSR count). The Morgan fingerprint density at radius 3 is 2.92 bits per heavy atom. The van der Waals surface area contributed by atoms with Crippen molar-refractivity contribution in [2.24, 2.45) is 5.92 Å². The SMILES string of the molecule is CC[C@H](C)[C@H]([NH3+])c1nnc2sc(SCc3c(F)cccc3Cl)nn12. The zero-order valence-corrected chi connectivity index (χ0v) is 15.8. The summed E-state index contributed by atoms with van der Waals surface area (Å²) in [6, 6.07) is 4.74. The lowest BCUT2D eigenvalue weighted by Crippen LogP contribution is -2.57. The van der Waals surface area contributed by atoms with Crippen molar-refractivity contribution in [3.05, 3.63) is 40.4 Å². The van der Waals surface area contributed by atoms with Crippen molar-refractivity contribution >= 4 is 39.7 Å². The van der Waals surface area contributed by atoms with Crippen molar-refractivity contribution in [2.75, 3.05) is 0 Å². The van der Waals surface area contributed by atoms with Gasteiger partial charge in [0.2, 0.25) is 10.8 Å². The fourth-order valence-corrected chi connectivity index (χ4v) is 4.47. The van der Waals surface area contributed by atoms with Gasteiger partial charge in [-0.05, 0) is 18.6 Å². The van der Waals surface area contributed by atoms with Crippen LogP contribution in [-0.2, 0) is 5.75 Å². The summed E-state index contributed by atoms with van der Waals surface area (Å²) in [4.78, 5) is 0.726. The Balaban J connectivity index is 1.81. The van der Waals surface area contributed by atoms with Crippen LogP contribution in [0.1, 0.15) is 37.7 Å². The Morgan fingerprint density at radius 1 is 1.42 bits per heavy atom. The molecule has 0 radical (unpaired) electrons. The van der Waals surface area contributed by atoms with Crippen LogP contribution in [0.2, 0.25) is 5.02 Å². The average Bonchev–Trinajstić information content (AvgIpc) is 3.13. The fraction of sp³-hybridized carbons (Fsp3) is 0.400. The first-order valence-electron chi connectivity index (χ1n) is 7.62. The topological polar surface area (TPSA) is 70.7 Å². The quantitative estimate of drug-likeness (QED) is 0.657. The van der Waals surface area contributed by atoms with Gasteiger partial charge in [0.15, 0.2) is 4.34 Å². The van der Waals surface area contributed by atoms with Crippen molar-refractivity contribution in [3.8, 4) is 0 Å². The molecule has 128 valence electrons. The number of halogens is 2. The highest BCUT2D eigenvalue weighted by Crippen LogP contribution is 2.32. The minimum absolute atomic E-state index is 0.0333. The molecular weight excluding hydrogens is 369 g/mol. The lowest BCUT2D eigenvalue weighted by atomic mass is 10.00. The van der Waals surface area contributed by atoms with E-state index in [2.05, 4.69) is 34.9 Å². The summed E-state index contributed by atoms with van der Waals surface area (Å²) >= 11 is 8.94. The number of quaternary nitrogens is 1. The maximum atomic E-state index is 13.8. The molecule has 0 aliphatic carbocycles. The molecule has 0 bridgehead atoms.